The van der Waals surface area contributed by atoms with Crippen LogP contribution in [0.25, 0.3) is 11.0 Å². The molecule has 1 saturated heterocycles. The maximum absolute atomic E-state index is 15.0. The molecule has 3 aromatic heterocycles. The van der Waals surface area contributed by atoms with Gasteiger partial charge in [-0.1, -0.05) is 0 Å². The molecule has 2 aliphatic rings. The van der Waals surface area contributed by atoms with E-state index < -0.39 is 17.2 Å². The Balaban J connectivity index is 1.58. The van der Waals surface area contributed by atoms with E-state index in [1.165, 1.54) is 12.3 Å². The lowest BCUT2D eigenvalue weighted by molar-refractivity contribution is 0.0524. The maximum atomic E-state index is 15.0. The molecule has 156 valence electrons. The quantitative estimate of drug-likeness (QED) is 0.640. The van der Waals surface area contributed by atoms with Gasteiger partial charge in [0.05, 0.1) is 23.9 Å². The number of pyridine rings is 2. The number of anilines is 1. The number of aromatic amines is 1. The van der Waals surface area contributed by atoms with E-state index in [4.69, 9.17) is 4.74 Å². The van der Waals surface area contributed by atoms with Crippen molar-refractivity contribution in [1.82, 2.24) is 25.0 Å². The number of esters is 1. The smallest absolute Gasteiger partial charge is 0.343 e. The van der Waals surface area contributed by atoms with E-state index in [1.807, 2.05) is 9.47 Å². The number of halogens is 1. The van der Waals surface area contributed by atoms with Gasteiger partial charge < -0.3 is 14.2 Å². The zero-order valence-electron chi connectivity index (χ0n) is 16.5. The third-order valence-electron chi connectivity index (χ3n) is 5.71. The van der Waals surface area contributed by atoms with E-state index >= 15 is 4.39 Å². The zero-order chi connectivity index (χ0) is 20.8. The van der Waals surface area contributed by atoms with Crippen molar-refractivity contribution in [2.24, 2.45) is 0 Å². The summed E-state index contributed by atoms with van der Waals surface area (Å²) in [5.74, 6) is -0.925. The fourth-order valence-electron chi connectivity index (χ4n) is 4.05. The second-order valence-corrected chi connectivity index (χ2v) is 7.72. The molecule has 1 saturated carbocycles. The van der Waals surface area contributed by atoms with E-state index in [2.05, 4.69) is 20.4 Å². The number of nitrogens with zero attached hydrogens (tertiary/aromatic N) is 5. The number of fused-ring (bicyclic) bond motifs is 1. The standard InChI is InChI=1S/C20H21FN6O3/c1-2-30-20(29)14-10-27(12-3-4-12)18-13(17(14)28)7-15(21)19(23-18)26-6-5-11(9-26)16-8-22-25-24-16/h7-8,10-12H,2-6,9H2,1H3,(H,22,24,25)/t11-/m0/s1. The van der Waals surface area contributed by atoms with Gasteiger partial charge in [0.1, 0.15) is 11.2 Å². The topological polar surface area (TPSA) is 106 Å². The molecule has 0 bridgehead atoms. The van der Waals surface area contributed by atoms with Crippen molar-refractivity contribution in [3.8, 4) is 0 Å². The first kappa shape index (κ1) is 18.7. The van der Waals surface area contributed by atoms with Crippen LogP contribution in [-0.4, -0.2) is 50.6 Å². The van der Waals surface area contributed by atoms with Gasteiger partial charge in [0.2, 0.25) is 5.43 Å². The van der Waals surface area contributed by atoms with Crippen LogP contribution in [0.4, 0.5) is 10.2 Å². The average molecular weight is 412 g/mol. The van der Waals surface area contributed by atoms with Crippen LogP contribution < -0.4 is 10.3 Å². The highest BCUT2D eigenvalue weighted by Gasteiger charge is 2.31. The lowest BCUT2D eigenvalue weighted by atomic mass is 10.1. The third-order valence-corrected chi connectivity index (χ3v) is 5.71. The molecule has 9 nitrogen and oxygen atoms in total. The highest BCUT2D eigenvalue weighted by molar-refractivity contribution is 5.93. The van der Waals surface area contributed by atoms with Crippen molar-refractivity contribution in [3.05, 3.63) is 45.8 Å². The summed E-state index contributed by atoms with van der Waals surface area (Å²) in [4.78, 5) is 31.6. The number of carbonyl (C=O) groups excluding carboxylic acids is 1. The van der Waals surface area contributed by atoms with Crippen LogP contribution in [0.1, 0.15) is 54.2 Å². The number of rotatable bonds is 5. The molecule has 0 unspecified atom stereocenters. The number of nitrogens with one attached hydrogen (secondary N) is 1. The normalized spacial score (nSPS) is 18.9. The summed E-state index contributed by atoms with van der Waals surface area (Å²) in [7, 11) is 0. The first-order valence-corrected chi connectivity index (χ1v) is 10.1. The number of carbonyl (C=O) groups is 1. The molecule has 30 heavy (non-hydrogen) atoms. The van der Waals surface area contributed by atoms with Crippen molar-refractivity contribution in [1.29, 1.82) is 0 Å². The van der Waals surface area contributed by atoms with Gasteiger partial charge in [-0.3, -0.25) is 4.79 Å². The Kier molecular flexibility index (Phi) is 4.48. The number of hydrogen-bond acceptors (Lipinski definition) is 7. The van der Waals surface area contributed by atoms with Crippen molar-refractivity contribution in [2.75, 3.05) is 24.6 Å². The van der Waals surface area contributed by atoms with Gasteiger partial charge in [-0.05, 0) is 32.3 Å². The van der Waals surface area contributed by atoms with Crippen molar-refractivity contribution in [3.63, 3.8) is 0 Å². The van der Waals surface area contributed by atoms with Gasteiger partial charge >= 0.3 is 5.97 Å². The summed E-state index contributed by atoms with van der Waals surface area (Å²) in [6.07, 6.45) is 5.85. The van der Waals surface area contributed by atoms with E-state index in [1.54, 1.807) is 13.1 Å². The summed E-state index contributed by atoms with van der Waals surface area (Å²) < 4.78 is 21.9. The monoisotopic (exact) mass is 412 g/mol. The van der Waals surface area contributed by atoms with E-state index in [-0.39, 0.29) is 35.3 Å². The van der Waals surface area contributed by atoms with Crippen LogP contribution in [0.15, 0.2) is 23.3 Å². The minimum atomic E-state index is -0.696. The van der Waals surface area contributed by atoms with E-state index in [9.17, 15) is 9.59 Å². The number of ether oxygens (including phenoxy) is 1. The predicted molar refractivity (Wildman–Crippen MR) is 106 cm³/mol. The predicted octanol–water partition coefficient (Wildman–Crippen LogP) is 2.16. The molecule has 1 atom stereocenters. The molecule has 0 radical (unpaired) electrons. The highest BCUT2D eigenvalue weighted by atomic mass is 19.1. The van der Waals surface area contributed by atoms with E-state index in [0.717, 1.165) is 25.0 Å². The second kappa shape index (κ2) is 7.19. The Hall–Kier alpha value is -3.30. The van der Waals surface area contributed by atoms with Crippen LogP contribution in [0.3, 0.4) is 0 Å². The number of hydrogen-bond donors (Lipinski definition) is 1. The fraction of sp³-hybridized carbons (Fsp3) is 0.450. The van der Waals surface area contributed by atoms with Crippen LogP contribution in [0.2, 0.25) is 0 Å². The Morgan fingerprint density at radius 3 is 2.90 bits per heavy atom. The van der Waals surface area contributed by atoms with Crippen molar-refractivity contribution in [2.45, 2.75) is 38.1 Å². The molecule has 4 heterocycles. The number of aromatic nitrogens is 5. The molecule has 1 aliphatic carbocycles. The lowest BCUT2D eigenvalue weighted by Gasteiger charge is -2.20. The SMILES string of the molecule is CCOC(=O)c1cn(C2CC2)c2nc(N3CC[C@H](c4cn[nH]n4)C3)c(F)cc2c1=O. The van der Waals surface area contributed by atoms with Gasteiger partial charge in [0, 0.05) is 31.2 Å². The van der Waals surface area contributed by atoms with Gasteiger partial charge in [0.25, 0.3) is 0 Å². The molecule has 1 N–H and O–H groups in total. The average Bonchev–Trinajstić information content (AvgIpc) is 3.22. The molecule has 0 amide bonds. The minimum Gasteiger partial charge on any atom is -0.462 e. The Labute approximate surface area is 170 Å². The fourth-order valence-corrected chi connectivity index (χ4v) is 4.05. The third kappa shape index (κ3) is 3.12. The van der Waals surface area contributed by atoms with E-state index in [0.29, 0.717) is 18.7 Å². The van der Waals surface area contributed by atoms with Crippen LogP contribution in [0.5, 0.6) is 0 Å². The lowest BCUT2D eigenvalue weighted by Crippen LogP contribution is -2.25. The van der Waals surface area contributed by atoms with Crippen LogP contribution >= 0.6 is 0 Å². The summed E-state index contributed by atoms with van der Waals surface area (Å²) in [6.45, 7) is 3.03. The second-order valence-electron chi connectivity index (χ2n) is 7.72. The largest absolute Gasteiger partial charge is 0.462 e. The number of H-pyrrole nitrogens is 1. The van der Waals surface area contributed by atoms with Crippen LogP contribution in [0, 0.1) is 5.82 Å². The van der Waals surface area contributed by atoms with Gasteiger partial charge in [-0.15, -0.1) is 0 Å². The molecule has 0 spiro atoms. The van der Waals surface area contributed by atoms with Crippen LogP contribution in [-0.2, 0) is 4.74 Å². The summed E-state index contributed by atoms with van der Waals surface area (Å²) >= 11 is 0. The molecule has 10 heteroatoms. The Morgan fingerprint density at radius 1 is 1.37 bits per heavy atom. The van der Waals surface area contributed by atoms with Gasteiger partial charge in [-0.25, -0.2) is 14.2 Å². The zero-order valence-corrected chi connectivity index (χ0v) is 16.5. The molecule has 2 fully saturated rings. The summed E-state index contributed by atoms with van der Waals surface area (Å²) in [6, 6.07) is 1.35. The molecule has 1 aliphatic heterocycles. The first-order chi connectivity index (χ1) is 14.6. The first-order valence-electron chi connectivity index (χ1n) is 10.1. The van der Waals surface area contributed by atoms with Gasteiger partial charge in [0.15, 0.2) is 11.6 Å². The molecular formula is C20H21FN6O3. The minimum absolute atomic E-state index is 0.0857. The van der Waals surface area contributed by atoms with Gasteiger partial charge in [-0.2, -0.15) is 15.4 Å². The summed E-state index contributed by atoms with van der Waals surface area (Å²) in [5.41, 5.74) is 0.599. The molecule has 5 rings (SSSR count). The Morgan fingerprint density at radius 2 is 2.20 bits per heavy atom. The van der Waals surface area contributed by atoms with Crippen molar-refractivity contribution >= 4 is 22.8 Å². The Bertz CT molecular complexity index is 1170. The molecule has 0 aromatic carbocycles. The molecular weight excluding hydrogens is 391 g/mol. The maximum Gasteiger partial charge on any atom is 0.343 e. The molecule has 3 aromatic rings. The van der Waals surface area contributed by atoms with Crippen molar-refractivity contribution < 1.29 is 13.9 Å². The highest BCUT2D eigenvalue weighted by Crippen LogP contribution is 2.38. The summed E-state index contributed by atoms with van der Waals surface area (Å²) in [5, 5.41) is 10.7.